The van der Waals surface area contributed by atoms with Crippen LogP contribution in [-0.4, -0.2) is 27.5 Å². The average Bonchev–Trinajstić information content (AvgIpc) is 1.60. The third-order valence-corrected chi connectivity index (χ3v) is 0. The van der Waals surface area contributed by atoms with Gasteiger partial charge in [0.05, 0.1) is 5.34 Å². The van der Waals surface area contributed by atoms with Gasteiger partial charge >= 0.3 is 0 Å². The summed E-state index contributed by atoms with van der Waals surface area (Å²) in [5, 5.41) is 15.0. The first-order chi connectivity index (χ1) is 4.88. The molecule has 0 aromatic rings. The SMILES string of the molecule is CC(=O)O.CC(=O)O.ClCCl. The number of aliphatic carboxylic acids is 2. The maximum atomic E-state index is 9.00. The first-order valence-electron chi connectivity index (χ1n) is 2.39. The summed E-state index contributed by atoms with van der Waals surface area (Å²) < 4.78 is 0. The Labute approximate surface area is 74.7 Å². The van der Waals surface area contributed by atoms with E-state index in [2.05, 4.69) is 0 Å². The van der Waals surface area contributed by atoms with Crippen molar-refractivity contribution in [3.05, 3.63) is 0 Å². The van der Waals surface area contributed by atoms with E-state index < -0.39 is 11.9 Å². The Morgan fingerprint density at radius 1 is 1.09 bits per heavy atom. The van der Waals surface area contributed by atoms with Gasteiger partial charge in [0, 0.05) is 13.8 Å². The van der Waals surface area contributed by atoms with Crippen molar-refractivity contribution in [1.82, 2.24) is 0 Å². The van der Waals surface area contributed by atoms with Crippen LogP contribution in [0, 0.1) is 0 Å². The average molecular weight is 205 g/mol. The van der Waals surface area contributed by atoms with E-state index in [0.717, 1.165) is 13.8 Å². The highest BCUT2D eigenvalue weighted by atomic mass is 35.5. The highest BCUT2D eigenvalue weighted by Gasteiger charge is 1.65. The van der Waals surface area contributed by atoms with Crippen LogP contribution in [0.1, 0.15) is 13.8 Å². The zero-order valence-electron chi connectivity index (χ0n) is 6.17. The van der Waals surface area contributed by atoms with E-state index in [1.807, 2.05) is 0 Å². The molecule has 0 rings (SSSR count). The van der Waals surface area contributed by atoms with Crippen LogP contribution < -0.4 is 0 Å². The number of hydrogen-bond acceptors (Lipinski definition) is 2. The van der Waals surface area contributed by atoms with E-state index in [1.165, 1.54) is 0 Å². The van der Waals surface area contributed by atoms with Crippen LogP contribution in [0.25, 0.3) is 0 Å². The third-order valence-electron chi connectivity index (χ3n) is 0. The molecule has 0 amide bonds. The van der Waals surface area contributed by atoms with Crippen molar-refractivity contribution in [2.24, 2.45) is 0 Å². The van der Waals surface area contributed by atoms with E-state index in [9.17, 15) is 0 Å². The minimum atomic E-state index is -0.833. The summed E-state index contributed by atoms with van der Waals surface area (Å²) >= 11 is 9.53. The Bertz CT molecular complexity index is 84.7. The molecule has 0 saturated carbocycles. The van der Waals surface area contributed by atoms with Crippen molar-refractivity contribution >= 4 is 35.1 Å². The summed E-state index contributed by atoms with van der Waals surface area (Å²) in [7, 11) is 0. The maximum absolute atomic E-state index is 9.00. The normalized spacial score (nSPS) is 6.18. The molecule has 68 valence electrons. The van der Waals surface area contributed by atoms with Crippen LogP contribution >= 0.6 is 23.2 Å². The number of hydrogen-bond donors (Lipinski definition) is 2. The summed E-state index contributed by atoms with van der Waals surface area (Å²) in [6.45, 7) is 2.17. The summed E-state index contributed by atoms with van der Waals surface area (Å²) in [5.41, 5.74) is 0. The number of alkyl halides is 2. The second-order valence-electron chi connectivity index (χ2n) is 1.14. The Balaban J connectivity index is -0.0000000886. The predicted octanol–water partition coefficient (Wildman–Crippen LogP) is 1.60. The maximum Gasteiger partial charge on any atom is 0.300 e. The summed E-state index contributed by atoms with van der Waals surface area (Å²) in [5.74, 6) is -1.67. The smallest absolute Gasteiger partial charge is 0.300 e. The van der Waals surface area contributed by atoms with Gasteiger partial charge in [-0.15, -0.1) is 23.2 Å². The largest absolute Gasteiger partial charge is 0.481 e. The van der Waals surface area contributed by atoms with Gasteiger partial charge in [-0.2, -0.15) is 0 Å². The molecule has 0 saturated heterocycles. The van der Waals surface area contributed by atoms with E-state index in [0.29, 0.717) is 0 Å². The molecule has 0 aliphatic rings. The van der Waals surface area contributed by atoms with Crippen LogP contribution in [0.4, 0.5) is 0 Å². The molecule has 0 fully saturated rings. The summed E-state index contributed by atoms with van der Waals surface area (Å²) in [6, 6.07) is 0. The van der Waals surface area contributed by atoms with E-state index in [4.69, 9.17) is 43.0 Å². The van der Waals surface area contributed by atoms with Crippen LogP contribution in [0.15, 0.2) is 0 Å². The molecule has 6 heteroatoms. The number of carboxylic acid groups (broad SMARTS) is 2. The van der Waals surface area contributed by atoms with E-state index in [1.54, 1.807) is 0 Å². The molecule has 0 spiro atoms. The zero-order chi connectivity index (χ0) is 9.86. The Kier molecular flexibility index (Phi) is 24.9. The van der Waals surface area contributed by atoms with Gasteiger partial charge in [-0.05, 0) is 0 Å². The first kappa shape index (κ1) is 16.9. The van der Waals surface area contributed by atoms with Crippen LogP contribution in [-0.2, 0) is 9.59 Å². The van der Waals surface area contributed by atoms with Crippen molar-refractivity contribution in [2.45, 2.75) is 13.8 Å². The molecule has 4 nitrogen and oxygen atoms in total. The standard InChI is InChI=1S/2C2H4O2.CH2Cl2/c2*1-2(3)4;2-1-3/h2*1H3,(H,3,4);1H2. The molecule has 0 atom stereocenters. The van der Waals surface area contributed by atoms with Gasteiger partial charge in [-0.1, -0.05) is 0 Å². The lowest BCUT2D eigenvalue weighted by Crippen LogP contribution is -1.78. The molecule has 0 heterocycles. The highest BCUT2D eigenvalue weighted by Crippen LogP contribution is 1.73. The van der Waals surface area contributed by atoms with Crippen molar-refractivity contribution in [3.63, 3.8) is 0 Å². The predicted molar refractivity (Wildman–Crippen MR) is 43.2 cm³/mol. The van der Waals surface area contributed by atoms with Gasteiger partial charge < -0.3 is 10.2 Å². The minimum absolute atomic E-state index is 0.194. The topological polar surface area (TPSA) is 74.6 Å². The second-order valence-corrected chi connectivity index (χ2v) is 1.95. The molecule has 11 heavy (non-hydrogen) atoms. The fourth-order valence-corrected chi connectivity index (χ4v) is 0. The number of carbonyl (C=O) groups is 2. The molecular formula is C5H10Cl2O4. The van der Waals surface area contributed by atoms with E-state index in [-0.39, 0.29) is 5.34 Å². The Hall–Kier alpha value is -0.480. The highest BCUT2D eigenvalue weighted by molar-refractivity contribution is 6.40. The lowest BCUT2D eigenvalue weighted by atomic mass is 10.9. The number of carboxylic acids is 2. The van der Waals surface area contributed by atoms with Gasteiger partial charge in [0.1, 0.15) is 0 Å². The third kappa shape index (κ3) is 2340. The number of halogens is 2. The van der Waals surface area contributed by atoms with Gasteiger partial charge in [-0.3, -0.25) is 9.59 Å². The van der Waals surface area contributed by atoms with Crippen molar-refractivity contribution in [3.8, 4) is 0 Å². The second kappa shape index (κ2) is 16.3. The summed E-state index contributed by atoms with van der Waals surface area (Å²) in [6.07, 6.45) is 0. The van der Waals surface area contributed by atoms with Crippen LogP contribution in [0.2, 0.25) is 0 Å². The molecule has 0 aliphatic heterocycles. The van der Waals surface area contributed by atoms with E-state index >= 15 is 0 Å². The van der Waals surface area contributed by atoms with Crippen molar-refractivity contribution in [2.75, 3.05) is 5.34 Å². The van der Waals surface area contributed by atoms with Crippen LogP contribution in [0.5, 0.6) is 0 Å². The van der Waals surface area contributed by atoms with Crippen LogP contribution in [0.3, 0.4) is 0 Å². The quantitative estimate of drug-likeness (QED) is 0.589. The van der Waals surface area contributed by atoms with Gasteiger partial charge in [0.2, 0.25) is 0 Å². The molecule has 0 radical (unpaired) electrons. The zero-order valence-corrected chi connectivity index (χ0v) is 7.69. The molecule has 0 aromatic carbocycles. The lowest BCUT2D eigenvalue weighted by Gasteiger charge is -1.59. The van der Waals surface area contributed by atoms with Gasteiger partial charge in [0.15, 0.2) is 0 Å². The molecule has 0 aliphatic carbocycles. The molecular weight excluding hydrogens is 195 g/mol. The molecule has 0 aromatic heterocycles. The fraction of sp³-hybridized carbons (Fsp3) is 0.600. The molecule has 2 N–H and O–H groups in total. The Morgan fingerprint density at radius 2 is 1.09 bits per heavy atom. The monoisotopic (exact) mass is 204 g/mol. The van der Waals surface area contributed by atoms with Gasteiger partial charge in [0.25, 0.3) is 11.9 Å². The first-order valence-corrected chi connectivity index (χ1v) is 3.46. The van der Waals surface area contributed by atoms with Crippen molar-refractivity contribution < 1.29 is 19.8 Å². The van der Waals surface area contributed by atoms with Gasteiger partial charge in [-0.25, -0.2) is 0 Å². The number of rotatable bonds is 0. The fourth-order valence-electron chi connectivity index (χ4n) is 0. The molecule has 0 unspecified atom stereocenters. The molecule has 0 bridgehead atoms. The van der Waals surface area contributed by atoms with Crippen molar-refractivity contribution in [1.29, 1.82) is 0 Å². The Morgan fingerprint density at radius 3 is 1.09 bits per heavy atom. The minimum Gasteiger partial charge on any atom is -0.481 e. The summed E-state index contributed by atoms with van der Waals surface area (Å²) in [4.78, 5) is 18.0. The lowest BCUT2D eigenvalue weighted by molar-refractivity contribution is -0.135.